The highest BCUT2D eigenvalue weighted by Crippen LogP contribution is 2.38. The highest BCUT2D eigenvalue weighted by atomic mass is 16.5. The van der Waals surface area contributed by atoms with Gasteiger partial charge in [-0.3, -0.25) is 9.59 Å². The zero-order valence-electron chi connectivity index (χ0n) is 15.8. The molecule has 0 saturated heterocycles. The first-order chi connectivity index (χ1) is 13.1. The minimum Gasteiger partial charge on any atom is -0.377 e. The first kappa shape index (κ1) is 19.1. The van der Waals surface area contributed by atoms with Gasteiger partial charge < -0.3 is 15.4 Å². The Balaban J connectivity index is 1.53. The fraction of sp³-hybridized carbons (Fsp3) is 0.364. The number of amides is 2. The standard InChI is InChI=1S/C22H26N2O3/c1-3-27-14-17-9-7-16(8-10-17)13-23-21(25)18-5-4-6-19(12-18)24-22(26)20-11-15(20)2/h4-10,12,15,20H,3,11,13-14H2,1-2H3,(H,23,25)(H,24,26)/t15-,20+/m0/s1. The van der Waals surface area contributed by atoms with E-state index < -0.39 is 0 Å². The number of anilines is 1. The minimum atomic E-state index is -0.163. The summed E-state index contributed by atoms with van der Waals surface area (Å²) in [4.78, 5) is 24.5. The Morgan fingerprint density at radius 2 is 1.81 bits per heavy atom. The maximum absolute atomic E-state index is 12.4. The number of nitrogens with one attached hydrogen (secondary N) is 2. The molecule has 1 fully saturated rings. The minimum absolute atomic E-state index is 0.0344. The summed E-state index contributed by atoms with van der Waals surface area (Å²) in [5.41, 5.74) is 3.33. The second kappa shape index (κ2) is 8.82. The quantitative estimate of drug-likeness (QED) is 0.748. The number of hydrogen-bond acceptors (Lipinski definition) is 3. The lowest BCUT2D eigenvalue weighted by atomic mass is 10.1. The molecule has 0 radical (unpaired) electrons. The van der Waals surface area contributed by atoms with Crippen LogP contribution in [-0.4, -0.2) is 18.4 Å². The van der Waals surface area contributed by atoms with Gasteiger partial charge in [-0.05, 0) is 48.6 Å². The normalized spacial score (nSPS) is 18.0. The van der Waals surface area contributed by atoms with E-state index in [0.29, 0.717) is 36.9 Å². The predicted molar refractivity (Wildman–Crippen MR) is 105 cm³/mol. The molecule has 0 unspecified atom stereocenters. The van der Waals surface area contributed by atoms with Crippen LogP contribution in [0.1, 0.15) is 41.8 Å². The molecule has 1 saturated carbocycles. The molecule has 5 nitrogen and oxygen atoms in total. The van der Waals surface area contributed by atoms with E-state index in [1.54, 1.807) is 24.3 Å². The van der Waals surface area contributed by atoms with Crippen molar-refractivity contribution in [2.45, 2.75) is 33.4 Å². The van der Waals surface area contributed by atoms with Crippen LogP contribution in [0.3, 0.4) is 0 Å². The molecular weight excluding hydrogens is 340 g/mol. The van der Waals surface area contributed by atoms with Gasteiger partial charge in [0.05, 0.1) is 6.61 Å². The third-order valence-corrected chi connectivity index (χ3v) is 4.79. The van der Waals surface area contributed by atoms with Gasteiger partial charge in [-0.25, -0.2) is 0 Å². The molecule has 2 aromatic carbocycles. The first-order valence-electron chi connectivity index (χ1n) is 9.41. The monoisotopic (exact) mass is 366 g/mol. The van der Waals surface area contributed by atoms with Crippen molar-refractivity contribution >= 4 is 17.5 Å². The molecule has 27 heavy (non-hydrogen) atoms. The molecule has 1 aliphatic rings. The van der Waals surface area contributed by atoms with Crippen molar-refractivity contribution in [2.75, 3.05) is 11.9 Å². The van der Waals surface area contributed by atoms with Gasteiger partial charge in [-0.15, -0.1) is 0 Å². The van der Waals surface area contributed by atoms with Crippen molar-refractivity contribution in [3.05, 3.63) is 65.2 Å². The van der Waals surface area contributed by atoms with Gasteiger partial charge in [0.2, 0.25) is 5.91 Å². The number of ether oxygens (including phenoxy) is 1. The van der Waals surface area contributed by atoms with Crippen LogP contribution in [0.2, 0.25) is 0 Å². The van der Waals surface area contributed by atoms with E-state index >= 15 is 0 Å². The van der Waals surface area contributed by atoms with E-state index in [2.05, 4.69) is 17.6 Å². The van der Waals surface area contributed by atoms with Crippen LogP contribution in [-0.2, 0) is 22.7 Å². The van der Waals surface area contributed by atoms with Crippen LogP contribution in [0.4, 0.5) is 5.69 Å². The molecule has 142 valence electrons. The molecule has 0 aromatic heterocycles. The van der Waals surface area contributed by atoms with Gasteiger partial charge in [0.1, 0.15) is 0 Å². The molecule has 0 heterocycles. The molecule has 3 rings (SSSR count). The fourth-order valence-corrected chi connectivity index (χ4v) is 2.92. The highest BCUT2D eigenvalue weighted by Gasteiger charge is 2.39. The van der Waals surface area contributed by atoms with Crippen molar-refractivity contribution in [1.29, 1.82) is 0 Å². The van der Waals surface area contributed by atoms with E-state index in [1.165, 1.54) is 0 Å². The number of benzene rings is 2. The topological polar surface area (TPSA) is 67.4 Å². The third kappa shape index (κ3) is 5.41. The predicted octanol–water partition coefficient (Wildman–Crippen LogP) is 3.75. The summed E-state index contributed by atoms with van der Waals surface area (Å²) in [6, 6.07) is 15.0. The van der Waals surface area contributed by atoms with Crippen LogP contribution in [0.15, 0.2) is 48.5 Å². The molecule has 2 atom stereocenters. The summed E-state index contributed by atoms with van der Waals surface area (Å²) in [5.74, 6) is 0.432. The van der Waals surface area contributed by atoms with E-state index in [0.717, 1.165) is 17.5 Å². The Hall–Kier alpha value is -2.66. The lowest BCUT2D eigenvalue weighted by molar-refractivity contribution is -0.117. The Bertz CT molecular complexity index is 801. The smallest absolute Gasteiger partial charge is 0.251 e. The lowest BCUT2D eigenvalue weighted by Gasteiger charge is -2.09. The Labute approximate surface area is 160 Å². The van der Waals surface area contributed by atoms with Crippen molar-refractivity contribution in [2.24, 2.45) is 11.8 Å². The summed E-state index contributed by atoms with van der Waals surface area (Å²) in [6.07, 6.45) is 0.940. The first-order valence-corrected chi connectivity index (χ1v) is 9.41. The Morgan fingerprint density at radius 1 is 1.11 bits per heavy atom. The van der Waals surface area contributed by atoms with Crippen LogP contribution >= 0.6 is 0 Å². The number of carbonyl (C=O) groups is 2. The average molecular weight is 366 g/mol. The van der Waals surface area contributed by atoms with Crippen LogP contribution in [0.25, 0.3) is 0 Å². The van der Waals surface area contributed by atoms with Crippen LogP contribution in [0, 0.1) is 11.8 Å². The van der Waals surface area contributed by atoms with Crippen molar-refractivity contribution < 1.29 is 14.3 Å². The Morgan fingerprint density at radius 3 is 2.48 bits per heavy atom. The van der Waals surface area contributed by atoms with E-state index in [-0.39, 0.29) is 17.7 Å². The van der Waals surface area contributed by atoms with E-state index in [4.69, 9.17) is 4.74 Å². The fourth-order valence-electron chi connectivity index (χ4n) is 2.92. The van der Waals surface area contributed by atoms with Crippen molar-refractivity contribution in [3.8, 4) is 0 Å². The third-order valence-electron chi connectivity index (χ3n) is 4.79. The van der Waals surface area contributed by atoms with Gasteiger partial charge in [0.15, 0.2) is 0 Å². The molecular formula is C22H26N2O3. The van der Waals surface area contributed by atoms with E-state index in [9.17, 15) is 9.59 Å². The molecule has 2 N–H and O–H groups in total. The van der Waals surface area contributed by atoms with Crippen molar-refractivity contribution in [1.82, 2.24) is 5.32 Å². The summed E-state index contributed by atoms with van der Waals surface area (Å²) in [6.45, 7) is 5.77. The molecule has 5 heteroatoms. The maximum atomic E-state index is 12.4. The lowest BCUT2D eigenvalue weighted by Crippen LogP contribution is -2.23. The van der Waals surface area contributed by atoms with Crippen molar-refractivity contribution in [3.63, 3.8) is 0 Å². The molecule has 2 aromatic rings. The van der Waals surface area contributed by atoms with E-state index in [1.807, 2.05) is 31.2 Å². The SMILES string of the molecule is CCOCc1ccc(CNC(=O)c2cccc(NC(=O)[C@@H]3C[C@@H]3C)c2)cc1. The molecule has 0 bridgehead atoms. The zero-order valence-corrected chi connectivity index (χ0v) is 15.8. The van der Waals surface area contributed by atoms with Gasteiger partial charge in [0, 0.05) is 30.3 Å². The van der Waals surface area contributed by atoms with Crippen LogP contribution < -0.4 is 10.6 Å². The molecule has 0 spiro atoms. The number of carbonyl (C=O) groups excluding carboxylic acids is 2. The summed E-state index contributed by atoms with van der Waals surface area (Å²) in [5, 5.41) is 5.81. The average Bonchev–Trinajstić information content (AvgIpc) is 3.42. The van der Waals surface area contributed by atoms with Gasteiger partial charge in [-0.1, -0.05) is 37.3 Å². The zero-order chi connectivity index (χ0) is 19.2. The second-order valence-electron chi connectivity index (χ2n) is 7.03. The maximum Gasteiger partial charge on any atom is 0.251 e. The Kier molecular flexibility index (Phi) is 6.24. The van der Waals surface area contributed by atoms with Gasteiger partial charge >= 0.3 is 0 Å². The highest BCUT2D eigenvalue weighted by molar-refractivity contribution is 5.98. The second-order valence-corrected chi connectivity index (χ2v) is 7.03. The molecule has 0 aliphatic heterocycles. The summed E-state index contributed by atoms with van der Waals surface area (Å²) < 4.78 is 5.38. The van der Waals surface area contributed by atoms with Crippen LogP contribution in [0.5, 0.6) is 0 Å². The molecule has 2 amide bonds. The number of hydrogen-bond donors (Lipinski definition) is 2. The number of rotatable bonds is 8. The summed E-state index contributed by atoms with van der Waals surface area (Å²) >= 11 is 0. The van der Waals surface area contributed by atoms with Gasteiger partial charge in [0.25, 0.3) is 5.91 Å². The largest absolute Gasteiger partial charge is 0.377 e. The summed E-state index contributed by atoms with van der Waals surface area (Å²) in [7, 11) is 0. The van der Waals surface area contributed by atoms with Gasteiger partial charge in [-0.2, -0.15) is 0 Å². The molecule has 1 aliphatic carbocycles.